The van der Waals surface area contributed by atoms with Gasteiger partial charge in [-0.2, -0.15) is 0 Å². The summed E-state index contributed by atoms with van der Waals surface area (Å²) >= 11 is 1.60. The molecule has 1 heterocycles. The third-order valence-electron chi connectivity index (χ3n) is 1.97. The monoisotopic (exact) mass is 168 g/mol. The van der Waals surface area contributed by atoms with E-state index < -0.39 is 0 Å². The first-order valence-corrected chi connectivity index (χ1v) is 4.34. The lowest BCUT2D eigenvalue weighted by Crippen LogP contribution is -2.13. The fourth-order valence-corrected chi connectivity index (χ4v) is 2.03. The number of aromatic nitrogens is 1. The molecule has 1 aromatic heterocycles. The number of carbonyl (C=O) groups is 1. The summed E-state index contributed by atoms with van der Waals surface area (Å²) in [5, 5.41) is 0. The van der Waals surface area contributed by atoms with Crippen molar-refractivity contribution < 1.29 is 4.79 Å². The van der Waals surface area contributed by atoms with Crippen molar-refractivity contribution in [3.8, 4) is 0 Å². The van der Waals surface area contributed by atoms with Crippen LogP contribution in [0.4, 0.5) is 0 Å². The Morgan fingerprint density at radius 2 is 2.64 bits per heavy atom. The molecule has 2 N–H and O–H groups in total. The van der Waals surface area contributed by atoms with Gasteiger partial charge in [0.25, 0.3) is 0 Å². The average Bonchev–Trinajstić information content (AvgIpc) is 2.60. The van der Waals surface area contributed by atoms with Gasteiger partial charge in [-0.3, -0.25) is 9.78 Å². The normalized spacial score (nSPS) is 28.4. The quantitative estimate of drug-likeness (QED) is 0.707. The van der Waals surface area contributed by atoms with Gasteiger partial charge < -0.3 is 5.73 Å². The first-order valence-electron chi connectivity index (χ1n) is 3.46. The number of carbonyl (C=O) groups excluding carboxylic acids is 1. The van der Waals surface area contributed by atoms with Gasteiger partial charge in [-0.05, 0) is 6.42 Å². The predicted octanol–water partition coefficient (Wildman–Crippen LogP) is 0.732. The smallest absolute Gasteiger partial charge is 0.221 e. The zero-order chi connectivity index (χ0) is 7.84. The fourth-order valence-electron chi connectivity index (χ4n) is 1.23. The van der Waals surface area contributed by atoms with Gasteiger partial charge in [0.15, 0.2) is 0 Å². The van der Waals surface area contributed by atoms with E-state index in [9.17, 15) is 4.79 Å². The minimum atomic E-state index is -0.177. The second kappa shape index (κ2) is 2.30. The Hall–Kier alpha value is -0.900. The van der Waals surface area contributed by atoms with E-state index in [1.54, 1.807) is 16.8 Å². The van der Waals surface area contributed by atoms with Crippen molar-refractivity contribution in [2.45, 2.75) is 12.3 Å². The molecular formula is C7H8N2OS. The van der Waals surface area contributed by atoms with Gasteiger partial charge in [-0.15, -0.1) is 11.3 Å². The molecule has 0 radical (unpaired) electrons. The van der Waals surface area contributed by atoms with Gasteiger partial charge in [-0.1, -0.05) is 0 Å². The van der Waals surface area contributed by atoms with Crippen LogP contribution in [0.25, 0.3) is 0 Å². The molecule has 1 fully saturated rings. The minimum Gasteiger partial charge on any atom is -0.369 e. The molecular weight excluding hydrogens is 160 g/mol. The van der Waals surface area contributed by atoms with Crippen molar-refractivity contribution in [3.63, 3.8) is 0 Å². The van der Waals surface area contributed by atoms with Gasteiger partial charge in [-0.25, -0.2) is 0 Å². The summed E-state index contributed by atoms with van der Waals surface area (Å²) < 4.78 is 0. The van der Waals surface area contributed by atoms with Crippen LogP contribution in [0.3, 0.4) is 0 Å². The summed E-state index contributed by atoms with van der Waals surface area (Å²) in [6.45, 7) is 0. The highest BCUT2D eigenvalue weighted by molar-refractivity contribution is 7.09. The maximum absolute atomic E-state index is 10.7. The van der Waals surface area contributed by atoms with E-state index in [1.165, 1.54) is 4.88 Å². The third-order valence-corrected chi connectivity index (χ3v) is 2.88. The van der Waals surface area contributed by atoms with Crippen molar-refractivity contribution in [2.24, 2.45) is 11.7 Å². The van der Waals surface area contributed by atoms with Gasteiger partial charge >= 0.3 is 0 Å². The Balaban J connectivity index is 2.08. The van der Waals surface area contributed by atoms with Crippen LogP contribution in [0, 0.1) is 5.92 Å². The molecule has 0 aromatic carbocycles. The van der Waals surface area contributed by atoms with Crippen LogP contribution in [0.15, 0.2) is 11.7 Å². The number of thiazole rings is 1. The SMILES string of the molecule is NC(=O)[C@H]1C[C@@H]1c1cncs1. The van der Waals surface area contributed by atoms with E-state index in [-0.39, 0.29) is 11.8 Å². The van der Waals surface area contributed by atoms with Crippen molar-refractivity contribution in [2.75, 3.05) is 0 Å². The van der Waals surface area contributed by atoms with Crippen LogP contribution in [0.1, 0.15) is 17.2 Å². The number of amides is 1. The summed E-state index contributed by atoms with van der Waals surface area (Å²) in [5.41, 5.74) is 6.92. The molecule has 1 aliphatic rings. The van der Waals surface area contributed by atoms with Crippen molar-refractivity contribution in [1.82, 2.24) is 4.98 Å². The third kappa shape index (κ3) is 1.14. The molecule has 1 saturated carbocycles. The molecule has 0 bridgehead atoms. The van der Waals surface area contributed by atoms with Crippen molar-refractivity contribution in [1.29, 1.82) is 0 Å². The molecule has 4 heteroatoms. The molecule has 0 spiro atoms. The summed E-state index contributed by atoms with van der Waals surface area (Å²) in [7, 11) is 0. The zero-order valence-corrected chi connectivity index (χ0v) is 6.67. The first kappa shape index (κ1) is 6.79. The molecule has 1 aromatic rings. The first-order chi connectivity index (χ1) is 5.29. The Morgan fingerprint density at radius 1 is 1.82 bits per heavy atom. The van der Waals surface area contributed by atoms with E-state index in [0.29, 0.717) is 5.92 Å². The predicted molar refractivity (Wildman–Crippen MR) is 42.2 cm³/mol. The highest BCUT2D eigenvalue weighted by Gasteiger charge is 2.43. The van der Waals surface area contributed by atoms with E-state index in [0.717, 1.165) is 6.42 Å². The maximum Gasteiger partial charge on any atom is 0.221 e. The Kier molecular flexibility index (Phi) is 1.42. The maximum atomic E-state index is 10.7. The van der Waals surface area contributed by atoms with Gasteiger partial charge in [0, 0.05) is 22.9 Å². The fraction of sp³-hybridized carbons (Fsp3) is 0.429. The standard InChI is InChI=1S/C7H8N2OS/c8-7(10)5-1-4(5)6-2-9-3-11-6/h2-5H,1H2,(H2,8,10)/t4-,5-/m0/s1. The number of nitrogens with zero attached hydrogens (tertiary/aromatic N) is 1. The molecule has 0 unspecified atom stereocenters. The zero-order valence-electron chi connectivity index (χ0n) is 5.86. The van der Waals surface area contributed by atoms with Gasteiger partial charge in [0.1, 0.15) is 0 Å². The molecule has 2 rings (SSSR count). The lowest BCUT2D eigenvalue weighted by molar-refractivity contribution is -0.119. The number of hydrogen-bond donors (Lipinski definition) is 1. The van der Waals surface area contributed by atoms with Gasteiger partial charge in [0.2, 0.25) is 5.91 Å². The Morgan fingerprint density at radius 3 is 3.09 bits per heavy atom. The lowest BCUT2D eigenvalue weighted by atomic mass is 10.3. The molecule has 0 saturated heterocycles. The second-order valence-corrected chi connectivity index (χ2v) is 3.67. The van der Waals surface area contributed by atoms with E-state index in [4.69, 9.17) is 5.73 Å². The van der Waals surface area contributed by atoms with E-state index in [2.05, 4.69) is 4.98 Å². The topological polar surface area (TPSA) is 56.0 Å². The van der Waals surface area contributed by atoms with Crippen LogP contribution in [0.2, 0.25) is 0 Å². The Bertz CT molecular complexity index is 270. The number of primary amides is 1. The lowest BCUT2D eigenvalue weighted by Gasteiger charge is -1.88. The molecule has 58 valence electrons. The summed E-state index contributed by atoms with van der Waals surface area (Å²) in [6.07, 6.45) is 2.73. The van der Waals surface area contributed by atoms with Crippen LogP contribution in [-0.2, 0) is 4.79 Å². The van der Waals surface area contributed by atoms with E-state index in [1.807, 2.05) is 6.20 Å². The summed E-state index contributed by atoms with van der Waals surface area (Å²) in [6, 6.07) is 0. The average molecular weight is 168 g/mol. The van der Waals surface area contributed by atoms with Crippen molar-refractivity contribution >= 4 is 17.2 Å². The highest BCUT2D eigenvalue weighted by atomic mass is 32.1. The van der Waals surface area contributed by atoms with Gasteiger partial charge in [0.05, 0.1) is 5.51 Å². The minimum absolute atomic E-state index is 0.0791. The number of hydrogen-bond acceptors (Lipinski definition) is 3. The molecule has 2 atom stereocenters. The summed E-state index contributed by atoms with van der Waals surface area (Å²) in [4.78, 5) is 15.8. The van der Waals surface area contributed by atoms with E-state index >= 15 is 0 Å². The Labute approximate surface area is 68.2 Å². The molecule has 1 aliphatic carbocycles. The van der Waals surface area contributed by atoms with Crippen LogP contribution >= 0.6 is 11.3 Å². The molecule has 1 amide bonds. The van der Waals surface area contributed by atoms with Crippen LogP contribution in [-0.4, -0.2) is 10.9 Å². The highest BCUT2D eigenvalue weighted by Crippen LogP contribution is 2.48. The molecule has 3 nitrogen and oxygen atoms in total. The van der Waals surface area contributed by atoms with Crippen molar-refractivity contribution in [3.05, 3.63) is 16.6 Å². The number of nitrogens with two attached hydrogens (primary N) is 1. The molecule has 11 heavy (non-hydrogen) atoms. The second-order valence-electron chi connectivity index (χ2n) is 2.75. The van der Waals surface area contributed by atoms with Crippen LogP contribution < -0.4 is 5.73 Å². The van der Waals surface area contributed by atoms with Crippen LogP contribution in [0.5, 0.6) is 0 Å². The molecule has 0 aliphatic heterocycles. The number of rotatable bonds is 2. The summed E-state index contributed by atoms with van der Waals surface area (Å²) in [5.74, 6) is 0.277. The largest absolute Gasteiger partial charge is 0.369 e.